The molecule has 0 fully saturated rings. The molecule has 2 aromatic heterocycles. The first-order valence-electron chi connectivity index (χ1n) is 14.3. The molecule has 2 N–H and O–H groups in total. The molecule has 10 nitrogen and oxygen atoms in total. The van der Waals surface area contributed by atoms with Crippen LogP contribution in [0.3, 0.4) is 0 Å². The summed E-state index contributed by atoms with van der Waals surface area (Å²) in [6, 6.07) is 15.2. The molecule has 0 saturated heterocycles. The van der Waals surface area contributed by atoms with Crippen LogP contribution < -0.4 is 5.32 Å². The van der Waals surface area contributed by atoms with Gasteiger partial charge in [0.2, 0.25) is 0 Å². The maximum absolute atomic E-state index is 14.5. The van der Waals surface area contributed by atoms with Crippen molar-refractivity contribution in [3.8, 4) is 11.1 Å². The molecule has 42 heavy (non-hydrogen) atoms. The average Bonchev–Trinajstić information content (AvgIpc) is 3.47. The van der Waals surface area contributed by atoms with E-state index in [9.17, 15) is 14.7 Å². The SMILES string of the molecule is Cc1noc(C)c1NC(=O)N(C)C[C@H]1OCc2ccccc2-c2c(n(C)c3ccccc23)C(=O)N([C@H](C)CO)C[C@H]1C. The quantitative estimate of drug-likeness (QED) is 0.349. The number of nitrogens with one attached hydrogen (secondary N) is 1. The summed E-state index contributed by atoms with van der Waals surface area (Å²) >= 11 is 0. The Morgan fingerprint density at radius 2 is 1.90 bits per heavy atom. The van der Waals surface area contributed by atoms with Crippen molar-refractivity contribution in [1.29, 1.82) is 0 Å². The summed E-state index contributed by atoms with van der Waals surface area (Å²) in [6.07, 6.45) is -0.405. The zero-order valence-corrected chi connectivity index (χ0v) is 25.0. The van der Waals surface area contributed by atoms with E-state index in [2.05, 4.69) is 10.5 Å². The number of hydrogen-bond acceptors (Lipinski definition) is 6. The number of nitrogens with zero attached hydrogens (tertiary/aromatic N) is 4. The highest BCUT2D eigenvalue weighted by Gasteiger charge is 2.34. The van der Waals surface area contributed by atoms with Crippen molar-refractivity contribution >= 4 is 28.5 Å². The van der Waals surface area contributed by atoms with Crippen LogP contribution in [0.1, 0.15) is 41.4 Å². The lowest BCUT2D eigenvalue weighted by Crippen LogP contribution is -2.48. The van der Waals surface area contributed by atoms with Crippen LogP contribution in [-0.2, 0) is 18.4 Å². The number of anilines is 1. The maximum atomic E-state index is 14.5. The van der Waals surface area contributed by atoms with Crippen molar-refractivity contribution in [3.05, 3.63) is 71.2 Å². The zero-order chi connectivity index (χ0) is 30.1. The Labute approximate surface area is 245 Å². The average molecular weight is 574 g/mol. The molecule has 1 aliphatic rings. The van der Waals surface area contributed by atoms with E-state index in [1.165, 1.54) is 0 Å². The summed E-state index contributed by atoms with van der Waals surface area (Å²) in [5.41, 5.74) is 5.41. The fourth-order valence-corrected chi connectivity index (χ4v) is 5.74. The van der Waals surface area contributed by atoms with Crippen LogP contribution in [0.4, 0.5) is 10.5 Å². The summed E-state index contributed by atoms with van der Waals surface area (Å²) in [6.45, 7) is 8.12. The molecule has 1 aliphatic heterocycles. The van der Waals surface area contributed by atoms with Crippen molar-refractivity contribution in [2.75, 3.05) is 32.1 Å². The number of benzene rings is 2. The molecular weight excluding hydrogens is 534 g/mol. The molecular formula is C32H39N5O5. The normalized spacial score (nSPS) is 18.3. The van der Waals surface area contributed by atoms with Crippen molar-refractivity contribution in [2.24, 2.45) is 13.0 Å². The van der Waals surface area contributed by atoms with E-state index in [0.29, 0.717) is 36.0 Å². The van der Waals surface area contributed by atoms with Gasteiger partial charge in [-0.2, -0.15) is 0 Å². The molecule has 2 aromatic carbocycles. The second-order valence-corrected chi connectivity index (χ2v) is 11.3. The van der Waals surface area contributed by atoms with Crippen LogP contribution in [-0.4, -0.2) is 75.5 Å². The number of aliphatic hydroxyl groups is 1. The minimum absolute atomic E-state index is 0.156. The number of rotatable bonds is 5. The molecule has 0 spiro atoms. The second kappa shape index (κ2) is 12.0. The van der Waals surface area contributed by atoms with Gasteiger partial charge < -0.3 is 34.1 Å². The predicted molar refractivity (Wildman–Crippen MR) is 161 cm³/mol. The van der Waals surface area contributed by atoms with E-state index in [0.717, 1.165) is 27.6 Å². The third kappa shape index (κ3) is 5.39. The number of fused-ring (bicyclic) bond motifs is 5. The molecule has 0 radical (unpaired) electrons. The number of aromatic nitrogens is 2. The lowest BCUT2D eigenvalue weighted by atomic mass is 9.96. The Morgan fingerprint density at radius 3 is 2.62 bits per heavy atom. The fourth-order valence-electron chi connectivity index (χ4n) is 5.74. The van der Waals surface area contributed by atoms with Gasteiger partial charge in [-0.05, 0) is 38.0 Å². The van der Waals surface area contributed by atoms with Crippen molar-refractivity contribution in [3.63, 3.8) is 0 Å². The Bertz CT molecular complexity index is 1590. The van der Waals surface area contributed by atoms with E-state index >= 15 is 0 Å². The van der Waals surface area contributed by atoms with Crippen LogP contribution in [0.5, 0.6) is 0 Å². The van der Waals surface area contributed by atoms with Gasteiger partial charge in [-0.15, -0.1) is 0 Å². The number of aliphatic hydroxyl groups excluding tert-OH is 1. The summed E-state index contributed by atoms with van der Waals surface area (Å²) in [5.74, 6) is 0.211. The van der Waals surface area contributed by atoms with Crippen molar-refractivity contribution in [2.45, 2.75) is 46.4 Å². The maximum Gasteiger partial charge on any atom is 0.321 e. The van der Waals surface area contributed by atoms with Gasteiger partial charge in [0.15, 0.2) is 5.76 Å². The number of likely N-dealkylation sites (N-methyl/N-ethyl adjacent to an activating group) is 1. The minimum Gasteiger partial charge on any atom is -0.394 e. The molecule has 10 heteroatoms. The van der Waals surface area contributed by atoms with Crippen LogP contribution in [0.25, 0.3) is 22.0 Å². The highest BCUT2D eigenvalue weighted by molar-refractivity contribution is 6.10. The topological polar surface area (TPSA) is 113 Å². The van der Waals surface area contributed by atoms with E-state index in [1.807, 2.05) is 74.0 Å². The number of carbonyl (C=O) groups is 2. The first-order chi connectivity index (χ1) is 20.1. The monoisotopic (exact) mass is 573 g/mol. The Kier molecular flexibility index (Phi) is 8.38. The largest absolute Gasteiger partial charge is 0.394 e. The number of aryl methyl sites for hydroxylation is 3. The standard InChI is InChI=1S/C32H39N5O5/c1-19-15-37(20(2)17-38)31(39)30-28(25-13-9-10-14-26(25)36(30)6)24-12-8-7-11-23(24)18-41-27(19)16-35(5)32(40)33-29-21(3)34-42-22(29)4/h7-14,19-20,27,38H,15-18H2,1-6H3,(H,33,40)/t19-,20-,27-/m1/s1. The first kappa shape index (κ1) is 29.3. The van der Waals surface area contributed by atoms with Gasteiger partial charge in [0.1, 0.15) is 17.1 Å². The predicted octanol–water partition coefficient (Wildman–Crippen LogP) is 4.97. The summed E-state index contributed by atoms with van der Waals surface area (Å²) in [4.78, 5) is 30.9. The molecule has 3 heterocycles. The number of urea groups is 1. The van der Waals surface area contributed by atoms with Gasteiger partial charge >= 0.3 is 6.03 Å². The van der Waals surface area contributed by atoms with Gasteiger partial charge in [-0.25, -0.2) is 4.79 Å². The smallest absolute Gasteiger partial charge is 0.321 e. The molecule has 5 rings (SSSR count). The molecule has 0 saturated carbocycles. The summed E-state index contributed by atoms with van der Waals surface area (Å²) < 4.78 is 13.7. The molecule has 0 aliphatic carbocycles. The van der Waals surface area contributed by atoms with Crippen LogP contribution in [0.15, 0.2) is 53.1 Å². The van der Waals surface area contributed by atoms with E-state index < -0.39 is 12.1 Å². The Balaban J connectivity index is 1.54. The highest BCUT2D eigenvalue weighted by atomic mass is 16.5. The Hall–Kier alpha value is -4.15. The highest BCUT2D eigenvalue weighted by Crippen LogP contribution is 2.38. The van der Waals surface area contributed by atoms with Gasteiger partial charge in [0, 0.05) is 49.6 Å². The lowest BCUT2D eigenvalue weighted by molar-refractivity contribution is -0.0179. The first-order valence-corrected chi connectivity index (χ1v) is 14.3. The molecule has 0 bridgehead atoms. The number of ether oxygens (including phenoxy) is 1. The van der Waals surface area contributed by atoms with Crippen LogP contribution in [0, 0.1) is 19.8 Å². The Morgan fingerprint density at radius 1 is 1.19 bits per heavy atom. The van der Waals surface area contributed by atoms with E-state index in [4.69, 9.17) is 9.26 Å². The van der Waals surface area contributed by atoms with Crippen LogP contribution >= 0.6 is 0 Å². The third-order valence-corrected chi connectivity index (χ3v) is 8.29. The molecule has 222 valence electrons. The molecule has 0 unspecified atom stereocenters. The summed E-state index contributed by atoms with van der Waals surface area (Å²) in [5, 5.41) is 18.0. The second-order valence-electron chi connectivity index (χ2n) is 11.3. The lowest BCUT2D eigenvalue weighted by Gasteiger charge is -2.35. The van der Waals surface area contributed by atoms with Crippen molar-refractivity contribution < 1.29 is 24.0 Å². The number of hydrogen-bond donors (Lipinski definition) is 2. The third-order valence-electron chi connectivity index (χ3n) is 8.29. The molecule has 4 aromatic rings. The van der Waals surface area contributed by atoms with Gasteiger partial charge in [-0.3, -0.25) is 4.79 Å². The molecule has 3 atom stereocenters. The number of para-hydroxylation sites is 1. The summed E-state index contributed by atoms with van der Waals surface area (Å²) in [7, 11) is 3.63. The minimum atomic E-state index is -0.428. The van der Waals surface area contributed by atoms with E-state index in [-0.39, 0.29) is 31.0 Å². The fraction of sp³-hybridized carbons (Fsp3) is 0.406. The number of amides is 3. The molecule has 3 amide bonds. The van der Waals surface area contributed by atoms with Crippen molar-refractivity contribution in [1.82, 2.24) is 19.5 Å². The van der Waals surface area contributed by atoms with Crippen LogP contribution in [0.2, 0.25) is 0 Å². The van der Waals surface area contributed by atoms with Gasteiger partial charge in [0.05, 0.1) is 25.4 Å². The van der Waals surface area contributed by atoms with E-state index in [1.54, 1.807) is 30.7 Å². The number of carbonyl (C=O) groups excluding carboxylic acids is 2. The zero-order valence-electron chi connectivity index (χ0n) is 25.0. The van der Waals surface area contributed by atoms with Gasteiger partial charge in [-0.1, -0.05) is 54.5 Å². The van der Waals surface area contributed by atoms with Gasteiger partial charge in [0.25, 0.3) is 5.91 Å².